The lowest BCUT2D eigenvalue weighted by Gasteiger charge is -2.08. The summed E-state index contributed by atoms with van der Waals surface area (Å²) in [5.41, 5.74) is 3.24. The Morgan fingerprint density at radius 1 is 1.05 bits per heavy atom. The molecule has 0 radical (unpaired) electrons. The highest BCUT2D eigenvalue weighted by atomic mass is 16.5. The summed E-state index contributed by atoms with van der Waals surface area (Å²) >= 11 is 0. The lowest BCUT2D eigenvalue weighted by atomic mass is 10.2. The summed E-state index contributed by atoms with van der Waals surface area (Å²) in [6.07, 6.45) is 1.88. The van der Waals surface area contributed by atoms with Crippen molar-refractivity contribution in [2.45, 2.75) is 13.5 Å². The smallest absolute Gasteiger partial charge is 0.119 e. The minimum absolute atomic E-state index is 0.566. The zero-order chi connectivity index (χ0) is 14.2. The molecule has 2 aromatic rings. The van der Waals surface area contributed by atoms with Crippen molar-refractivity contribution in [3.8, 4) is 5.75 Å². The molecule has 4 nitrogen and oxygen atoms in total. The van der Waals surface area contributed by atoms with Crippen molar-refractivity contribution in [3.05, 3.63) is 53.9 Å². The first-order valence-corrected chi connectivity index (χ1v) is 6.65. The summed E-state index contributed by atoms with van der Waals surface area (Å²) in [5.74, 6) is 0.848. The van der Waals surface area contributed by atoms with E-state index in [1.54, 1.807) is 7.11 Å². The van der Waals surface area contributed by atoms with Gasteiger partial charge in [-0.05, 0) is 42.8 Å². The highest BCUT2D eigenvalue weighted by Gasteiger charge is 1.97. The molecule has 0 aliphatic carbocycles. The van der Waals surface area contributed by atoms with E-state index in [0.29, 0.717) is 19.8 Å². The summed E-state index contributed by atoms with van der Waals surface area (Å²) in [6, 6.07) is 12.0. The van der Waals surface area contributed by atoms with Crippen LogP contribution in [0.3, 0.4) is 0 Å². The van der Waals surface area contributed by atoms with E-state index in [0.717, 1.165) is 17.1 Å². The third kappa shape index (κ3) is 4.55. The fraction of sp³-hybridized carbons (Fsp3) is 0.312. The number of aryl methyl sites for hydroxylation is 1. The van der Waals surface area contributed by atoms with E-state index in [-0.39, 0.29) is 0 Å². The van der Waals surface area contributed by atoms with Crippen LogP contribution in [0.5, 0.6) is 5.75 Å². The van der Waals surface area contributed by atoms with Gasteiger partial charge < -0.3 is 14.8 Å². The Bertz CT molecular complexity index is 509. The maximum absolute atomic E-state index is 5.51. The molecule has 1 N–H and O–H groups in total. The second kappa shape index (κ2) is 7.50. The average molecular weight is 272 g/mol. The number of hydrogen-bond acceptors (Lipinski definition) is 4. The Hall–Kier alpha value is -2.07. The number of methoxy groups -OCH3 is 1. The molecule has 4 heteroatoms. The Labute approximate surface area is 119 Å². The predicted octanol–water partition coefficient (Wildman–Crippen LogP) is 3.03. The molecular weight excluding hydrogens is 252 g/mol. The van der Waals surface area contributed by atoms with E-state index in [9.17, 15) is 0 Å². The largest absolute Gasteiger partial charge is 0.491 e. The Kier molecular flexibility index (Phi) is 5.38. The number of pyridine rings is 1. The van der Waals surface area contributed by atoms with Crippen molar-refractivity contribution in [1.82, 2.24) is 4.98 Å². The van der Waals surface area contributed by atoms with Crippen LogP contribution in [0, 0.1) is 6.92 Å². The predicted molar refractivity (Wildman–Crippen MR) is 80.1 cm³/mol. The molecule has 1 aromatic heterocycles. The summed E-state index contributed by atoms with van der Waals surface area (Å²) in [6.45, 7) is 3.91. The number of anilines is 1. The molecule has 0 atom stereocenters. The molecule has 0 saturated heterocycles. The van der Waals surface area contributed by atoms with Gasteiger partial charge in [-0.2, -0.15) is 0 Å². The first kappa shape index (κ1) is 14.3. The van der Waals surface area contributed by atoms with E-state index in [2.05, 4.69) is 16.4 Å². The fourth-order valence-electron chi connectivity index (χ4n) is 1.71. The number of ether oxygens (including phenoxy) is 2. The third-order valence-electron chi connectivity index (χ3n) is 2.86. The standard InChI is InChI=1S/C16H20N2O2/c1-13-3-4-15(17-11-13)12-18-14-5-7-16(8-6-14)20-10-9-19-2/h3-8,11,18H,9-10,12H2,1-2H3. The quantitative estimate of drug-likeness (QED) is 0.787. The number of nitrogens with one attached hydrogen (secondary N) is 1. The lowest BCUT2D eigenvalue weighted by Crippen LogP contribution is -2.04. The Morgan fingerprint density at radius 2 is 1.85 bits per heavy atom. The van der Waals surface area contributed by atoms with Crippen molar-refractivity contribution in [2.24, 2.45) is 0 Å². The lowest BCUT2D eigenvalue weighted by molar-refractivity contribution is 0.146. The zero-order valence-corrected chi connectivity index (χ0v) is 11.9. The summed E-state index contributed by atoms with van der Waals surface area (Å²) in [7, 11) is 1.66. The normalized spacial score (nSPS) is 10.3. The maximum Gasteiger partial charge on any atom is 0.119 e. The van der Waals surface area contributed by atoms with Gasteiger partial charge in [-0.1, -0.05) is 6.07 Å². The average Bonchev–Trinajstić information content (AvgIpc) is 2.48. The van der Waals surface area contributed by atoms with E-state index in [1.165, 1.54) is 5.56 Å². The van der Waals surface area contributed by atoms with E-state index in [1.807, 2.05) is 43.5 Å². The van der Waals surface area contributed by atoms with Gasteiger partial charge in [-0.3, -0.25) is 4.98 Å². The van der Waals surface area contributed by atoms with Gasteiger partial charge in [-0.15, -0.1) is 0 Å². The Balaban J connectivity index is 1.82. The molecule has 2 rings (SSSR count). The highest BCUT2D eigenvalue weighted by Crippen LogP contribution is 2.16. The molecule has 1 aromatic carbocycles. The van der Waals surface area contributed by atoms with Crippen LogP contribution in [0.2, 0.25) is 0 Å². The molecule has 0 fully saturated rings. The van der Waals surface area contributed by atoms with Gasteiger partial charge in [-0.25, -0.2) is 0 Å². The molecule has 106 valence electrons. The van der Waals surface area contributed by atoms with Gasteiger partial charge in [0, 0.05) is 19.0 Å². The molecular formula is C16H20N2O2. The van der Waals surface area contributed by atoms with Crippen molar-refractivity contribution in [3.63, 3.8) is 0 Å². The van der Waals surface area contributed by atoms with Crippen LogP contribution in [0.1, 0.15) is 11.3 Å². The maximum atomic E-state index is 5.51. The number of aromatic nitrogens is 1. The second-order valence-electron chi connectivity index (χ2n) is 4.55. The fourth-order valence-corrected chi connectivity index (χ4v) is 1.71. The van der Waals surface area contributed by atoms with Gasteiger partial charge in [0.25, 0.3) is 0 Å². The molecule has 1 heterocycles. The molecule has 0 saturated carbocycles. The minimum Gasteiger partial charge on any atom is -0.491 e. The van der Waals surface area contributed by atoms with Crippen LogP contribution >= 0.6 is 0 Å². The van der Waals surface area contributed by atoms with Gasteiger partial charge in [0.1, 0.15) is 12.4 Å². The van der Waals surface area contributed by atoms with Gasteiger partial charge in [0.2, 0.25) is 0 Å². The van der Waals surface area contributed by atoms with Crippen molar-refractivity contribution in [2.75, 3.05) is 25.6 Å². The summed E-state index contributed by atoms with van der Waals surface area (Å²) in [5, 5.41) is 3.33. The van der Waals surface area contributed by atoms with E-state index < -0.39 is 0 Å². The summed E-state index contributed by atoms with van der Waals surface area (Å²) < 4.78 is 10.5. The molecule has 0 spiro atoms. The zero-order valence-electron chi connectivity index (χ0n) is 11.9. The van der Waals surface area contributed by atoms with Crippen LogP contribution in [-0.4, -0.2) is 25.3 Å². The van der Waals surface area contributed by atoms with E-state index in [4.69, 9.17) is 9.47 Å². The van der Waals surface area contributed by atoms with Gasteiger partial charge >= 0.3 is 0 Å². The van der Waals surface area contributed by atoms with Crippen LogP contribution < -0.4 is 10.1 Å². The van der Waals surface area contributed by atoms with Crippen molar-refractivity contribution >= 4 is 5.69 Å². The van der Waals surface area contributed by atoms with Crippen molar-refractivity contribution in [1.29, 1.82) is 0 Å². The first-order chi connectivity index (χ1) is 9.78. The van der Waals surface area contributed by atoms with Crippen molar-refractivity contribution < 1.29 is 9.47 Å². The van der Waals surface area contributed by atoms with Crippen LogP contribution in [0.15, 0.2) is 42.6 Å². The molecule has 0 aliphatic rings. The van der Waals surface area contributed by atoms with Gasteiger partial charge in [0.05, 0.1) is 18.8 Å². The van der Waals surface area contributed by atoms with Crippen LogP contribution in [0.25, 0.3) is 0 Å². The van der Waals surface area contributed by atoms with E-state index >= 15 is 0 Å². The first-order valence-electron chi connectivity index (χ1n) is 6.65. The monoisotopic (exact) mass is 272 g/mol. The number of rotatable bonds is 7. The molecule has 0 unspecified atom stereocenters. The number of hydrogen-bond donors (Lipinski definition) is 1. The molecule has 0 amide bonds. The number of nitrogens with zero attached hydrogens (tertiary/aromatic N) is 1. The highest BCUT2D eigenvalue weighted by molar-refractivity contribution is 5.46. The molecule has 0 aliphatic heterocycles. The van der Waals surface area contributed by atoms with Crippen LogP contribution in [-0.2, 0) is 11.3 Å². The molecule has 20 heavy (non-hydrogen) atoms. The minimum atomic E-state index is 0.566. The second-order valence-corrected chi connectivity index (χ2v) is 4.55. The van der Waals surface area contributed by atoms with Gasteiger partial charge in [0.15, 0.2) is 0 Å². The molecule has 0 bridgehead atoms. The topological polar surface area (TPSA) is 43.4 Å². The SMILES string of the molecule is COCCOc1ccc(NCc2ccc(C)cn2)cc1. The number of benzene rings is 1. The summed E-state index contributed by atoms with van der Waals surface area (Å²) in [4.78, 5) is 4.36. The Morgan fingerprint density at radius 3 is 2.50 bits per heavy atom. The third-order valence-corrected chi connectivity index (χ3v) is 2.86. The van der Waals surface area contributed by atoms with Crippen LogP contribution in [0.4, 0.5) is 5.69 Å².